The molecule has 5 heteroatoms. The molecule has 0 aliphatic carbocycles. The highest BCUT2D eigenvalue weighted by Crippen LogP contribution is 2.32. The Morgan fingerprint density at radius 3 is 3.00 bits per heavy atom. The molecule has 1 aromatic heterocycles. The maximum Gasteiger partial charge on any atom is 0.120 e. The highest BCUT2D eigenvalue weighted by molar-refractivity contribution is 5.39. The minimum Gasteiger partial charge on any atom is -0.508 e. The number of phenols is 1. The monoisotopic (exact) mass is 329 g/mol. The number of methoxy groups -OCH3 is 1. The third-order valence-electron chi connectivity index (χ3n) is 4.92. The normalized spacial score (nSPS) is 18.9. The van der Waals surface area contributed by atoms with Gasteiger partial charge < -0.3 is 9.84 Å². The van der Waals surface area contributed by atoms with Crippen LogP contribution in [0.3, 0.4) is 0 Å². The van der Waals surface area contributed by atoms with E-state index in [1.807, 2.05) is 12.3 Å². The zero-order valence-corrected chi connectivity index (χ0v) is 14.7. The van der Waals surface area contributed by atoms with Crippen molar-refractivity contribution in [2.24, 2.45) is 0 Å². The number of piperidine rings is 1. The van der Waals surface area contributed by atoms with Crippen molar-refractivity contribution >= 4 is 0 Å². The standard InChI is InChI=1S/C19H27N3O2/c1-13(2)17-10-20-21-19(17)14-5-4-8-22(11-14)12-15-9-16(24-3)6-7-18(15)23/h6-7,9-10,13-14,23H,4-5,8,11-12H2,1-3H3,(H,20,21)/t14-/m1/s1. The van der Waals surface area contributed by atoms with Gasteiger partial charge in [-0.25, -0.2) is 0 Å². The molecule has 0 radical (unpaired) electrons. The fourth-order valence-electron chi connectivity index (χ4n) is 3.58. The molecule has 3 rings (SSSR count). The highest BCUT2D eigenvalue weighted by Gasteiger charge is 2.26. The number of nitrogens with one attached hydrogen (secondary N) is 1. The zero-order chi connectivity index (χ0) is 17.1. The Hall–Kier alpha value is -2.01. The average molecular weight is 329 g/mol. The van der Waals surface area contributed by atoms with Crippen LogP contribution in [0.15, 0.2) is 24.4 Å². The smallest absolute Gasteiger partial charge is 0.120 e. The second-order valence-electron chi connectivity index (χ2n) is 6.96. The maximum atomic E-state index is 10.1. The number of benzene rings is 1. The molecular weight excluding hydrogens is 302 g/mol. The van der Waals surface area contributed by atoms with Gasteiger partial charge in [0.05, 0.1) is 13.3 Å². The van der Waals surface area contributed by atoms with Crippen LogP contribution in [0.25, 0.3) is 0 Å². The summed E-state index contributed by atoms with van der Waals surface area (Å²) in [4.78, 5) is 2.41. The van der Waals surface area contributed by atoms with Gasteiger partial charge in [-0.1, -0.05) is 13.8 Å². The first kappa shape index (κ1) is 16.8. The van der Waals surface area contributed by atoms with E-state index in [-0.39, 0.29) is 0 Å². The van der Waals surface area contributed by atoms with Crippen LogP contribution in [-0.2, 0) is 6.54 Å². The van der Waals surface area contributed by atoms with Crippen LogP contribution in [-0.4, -0.2) is 40.4 Å². The van der Waals surface area contributed by atoms with E-state index in [0.29, 0.717) is 17.6 Å². The molecule has 2 aromatic rings. The summed E-state index contributed by atoms with van der Waals surface area (Å²) >= 11 is 0. The first-order valence-corrected chi connectivity index (χ1v) is 8.70. The second-order valence-corrected chi connectivity index (χ2v) is 6.96. The lowest BCUT2D eigenvalue weighted by atomic mass is 9.89. The SMILES string of the molecule is COc1ccc(O)c(CN2CCC[C@@H](c3[nH]ncc3C(C)C)C2)c1. The lowest BCUT2D eigenvalue weighted by Crippen LogP contribution is -2.34. The molecule has 2 N–H and O–H groups in total. The molecule has 0 bridgehead atoms. The number of hydrogen-bond donors (Lipinski definition) is 2. The van der Waals surface area contributed by atoms with Crippen molar-refractivity contribution in [1.29, 1.82) is 0 Å². The number of hydrogen-bond acceptors (Lipinski definition) is 4. The van der Waals surface area contributed by atoms with E-state index in [4.69, 9.17) is 4.74 Å². The van der Waals surface area contributed by atoms with Crippen molar-refractivity contribution in [1.82, 2.24) is 15.1 Å². The molecule has 1 aromatic carbocycles. The number of aromatic hydroxyl groups is 1. The van der Waals surface area contributed by atoms with E-state index < -0.39 is 0 Å². The van der Waals surface area contributed by atoms with Gasteiger partial charge in [-0.15, -0.1) is 0 Å². The fraction of sp³-hybridized carbons (Fsp3) is 0.526. The largest absolute Gasteiger partial charge is 0.508 e. The van der Waals surface area contributed by atoms with Gasteiger partial charge in [0.1, 0.15) is 11.5 Å². The predicted octanol–water partition coefficient (Wildman–Crippen LogP) is 3.63. The number of aromatic amines is 1. The van der Waals surface area contributed by atoms with E-state index in [2.05, 4.69) is 28.9 Å². The summed E-state index contributed by atoms with van der Waals surface area (Å²) in [5.74, 6) is 2.08. The van der Waals surface area contributed by atoms with Crippen LogP contribution in [0, 0.1) is 0 Å². The summed E-state index contributed by atoms with van der Waals surface area (Å²) in [6, 6.07) is 5.42. The van der Waals surface area contributed by atoms with Crippen molar-refractivity contribution in [3.05, 3.63) is 41.2 Å². The van der Waals surface area contributed by atoms with Crippen molar-refractivity contribution in [3.63, 3.8) is 0 Å². The Kier molecular flexibility index (Phi) is 5.09. The van der Waals surface area contributed by atoms with Crippen molar-refractivity contribution < 1.29 is 9.84 Å². The Bertz CT molecular complexity index is 681. The molecule has 1 aliphatic heterocycles. The third-order valence-corrected chi connectivity index (χ3v) is 4.92. The van der Waals surface area contributed by atoms with Crippen LogP contribution in [0.1, 0.15) is 55.3 Å². The third kappa shape index (κ3) is 3.56. The van der Waals surface area contributed by atoms with E-state index in [1.54, 1.807) is 19.2 Å². The minimum absolute atomic E-state index is 0.335. The van der Waals surface area contributed by atoms with Gasteiger partial charge >= 0.3 is 0 Å². The number of likely N-dealkylation sites (tertiary alicyclic amines) is 1. The molecule has 2 heterocycles. The summed E-state index contributed by atoms with van der Waals surface area (Å²) in [6.45, 7) is 7.20. The first-order chi connectivity index (χ1) is 11.6. The number of ether oxygens (including phenoxy) is 1. The van der Waals surface area contributed by atoms with Gasteiger partial charge in [0.2, 0.25) is 0 Å². The number of phenolic OH excluding ortho intramolecular Hbond substituents is 1. The van der Waals surface area contributed by atoms with Crippen molar-refractivity contribution in [3.8, 4) is 11.5 Å². The van der Waals surface area contributed by atoms with E-state index in [1.165, 1.54) is 17.7 Å². The number of aromatic nitrogens is 2. The fourth-order valence-corrected chi connectivity index (χ4v) is 3.58. The van der Waals surface area contributed by atoms with Crippen molar-refractivity contribution in [2.75, 3.05) is 20.2 Å². The van der Waals surface area contributed by atoms with E-state index in [0.717, 1.165) is 37.4 Å². The summed E-state index contributed by atoms with van der Waals surface area (Å²) in [7, 11) is 1.65. The summed E-state index contributed by atoms with van der Waals surface area (Å²) in [5.41, 5.74) is 3.53. The van der Waals surface area contributed by atoms with Gasteiger partial charge in [0, 0.05) is 30.3 Å². The molecule has 5 nitrogen and oxygen atoms in total. The van der Waals surface area contributed by atoms with E-state index >= 15 is 0 Å². The van der Waals surface area contributed by atoms with Crippen LogP contribution in [0.2, 0.25) is 0 Å². The maximum absolute atomic E-state index is 10.1. The molecule has 1 fully saturated rings. The lowest BCUT2D eigenvalue weighted by Gasteiger charge is -2.33. The second kappa shape index (κ2) is 7.26. The van der Waals surface area contributed by atoms with Crippen LogP contribution in [0.4, 0.5) is 0 Å². The lowest BCUT2D eigenvalue weighted by molar-refractivity contribution is 0.196. The Morgan fingerprint density at radius 1 is 1.42 bits per heavy atom. The topological polar surface area (TPSA) is 61.4 Å². The summed E-state index contributed by atoms with van der Waals surface area (Å²) in [6.07, 6.45) is 4.31. The molecule has 24 heavy (non-hydrogen) atoms. The van der Waals surface area contributed by atoms with Crippen LogP contribution >= 0.6 is 0 Å². The van der Waals surface area contributed by atoms with Gasteiger partial charge in [-0.3, -0.25) is 10.00 Å². The molecular formula is C19H27N3O2. The molecule has 0 amide bonds. The molecule has 1 aliphatic rings. The van der Waals surface area contributed by atoms with Gasteiger partial charge in [0.25, 0.3) is 0 Å². The molecule has 1 atom stereocenters. The highest BCUT2D eigenvalue weighted by atomic mass is 16.5. The first-order valence-electron chi connectivity index (χ1n) is 8.70. The Balaban J connectivity index is 1.73. The minimum atomic E-state index is 0.335. The molecule has 130 valence electrons. The van der Waals surface area contributed by atoms with E-state index in [9.17, 15) is 5.11 Å². The summed E-state index contributed by atoms with van der Waals surface area (Å²) < 4.78 is 5.28. The van der Waals surface area contributed by atoms with Gasteiger partial charge in [-0.2, -0.15) is 5.10 Å². The van der Waals surface area contributed by atoms with Crippen LogP contribution < -0.4 is 4.74 Å². The van der Waals surface area contributed by atoms with Crippen molar-refractivity contribution in [2.45, 2.75) is 45.1 Å². The number of rotatable bonds is 5. The number of nitrogens with zero attached hydrogens (tertiary/aromatic N) is 2. The van der Waals surface area contributed by atoms with Gasteiger partial charge in [0.15, 0.2) is 0 Å². The zero-order valence-electron chi connectivity index (χ0n) is 14.7. The molecule has 0 saturated carbocycles. The average Bonchev–Trinajstić information content (AvgIpc) is 3.07. The quantitative estimate of drug-likeness (QED) is 0.879. The molecule has 1 saturated heterocycles. The van der Waals surface area contributed by atoms with Crippen LogP contribution in [0.5, 0.6) is 11.5 Å². The molecule has 0 spiro atoms. The Labute approximate surface area is 143 Å². The predicted molar refractivity (Wildman–Crippen MR) is 94.6 cm³/mol. The Morgan fingerprint density at radius 2 is 2.25 bits per heavy atom. The number of H-pyrrole nitrogens is 1. The summed E-state index contributed by atoms with van der Waals surface area (Å²) in [5, 5.41) is 17.6. The van der Waals surface area contributed by atoms with Gasteiger partial charge in [-0.05, 0) is 49.1 Å². The molecule has 0 unspecified atom stereocenters.